The molecule has 3 rings (SSSR count). The summed E-state index contributed by atoms with van der Waals surface area (Å²) in [7, 11) is 1.63. The molecule has 26 heavy (non-hydrogen) atoms. The number of halogens is 1. The molecule has 1 atom stereocenters. The molecule has 0 saturated carbocycles. The maximum absolute atomic E-state index is 13.0. The Morgan fingerprint density at radius 3 is 1.81 bits per heavy atom. The standard InChI is InChI=1S/C22H20FNO2/c1-26-20-12-8-16(9-13-20)21(14-24)15-2-4-17(5-3-15)22(25)18-6-10-19(23)11-7-18/h2-13,21H,14,24H2,1H3. The van der Waals surface area contributed by atoms with E-state index >= 15 is 0 Å². The number of carbonyl (C=O) groups is 1. The van der Waals surface area contributed by atoms with Crippen LogP contribution in [0.4, 0.5) is 4.39 Å². The number of ether oxygens (including phenoxy) is 1. The fourth-order valence-corrected chi connectivity index (χ4v) is 2.94. The van der Waals surface area contributed by atoms with Crippen LogP contribution in [0.3, 0.4) is 0 Å². The second-order valence-electron chi connectivity index (χ2n) is 6.02. The van der Waals surface area contributed by atoms with E-state index in [4.69, 9.17) is 10.5 Å². The van der Waals surface area contributed by atoms with Crippen molar-refractivity contribution in [1.29, 1.82) is 0 Å². The lowest BCUT2D eigenvalue weighted by Crippen LogP contribution is -2.14. The Labute approximate surface area is 152 Å². The van der Waals surface area contributed by atoms with E-state index in [0.29, 0.717) is 17.7 Å². The van der Waals surface area contributed by atoms with Crippen LogP contribution < -0.4 is 10.5 Å². The smallest absolute Gasteiger partial charge is 0.193 e. The van der Waals surface area contributed by atoms with Gasteiger partial charge < -0.3 is 10.5 Å². The summed E-state index contributed by atoms with van der Waals surface area (Å²) in [4.78, 5) is 12.5. The van der Waals surface area contributed by atoms with Crippen LogP contribution in [0.25, 0.3) is 0 Å². The molecule has 3 aromatic carbocycles. The highest BCUT2D eigenvalue weighted by atomic mass is 19.1. The quantitative estimate of drug-likeness (QED) is 0.680. The number of methoxy groups -OCH3 is 1. The van der Waals surface area contributed by atoms with Crippen LogP contribution in [-0.2, 0) is 0 Å². The van der Waals surface area contributed by atoms with Gasteiger partial charge in [0.05, 0.1) is 7.11 Å². The van der Waals surface area contributed by atoms with Crippen molar-refractivity contribution in [2.45, 2.75) is 5.92 Å². The Kier molecular flexibility index (Phi) is 5.44. The van der Waals surface area contributed by atoms with Crippen molar-refractivity contribution in [2.24, 2.45) is 5.73 Å². The zero-order chi connectivity index (χ0) is 18.5. The van der Waals surface area contributed by atoms with Crippen molar-refractivity contribution in [1.82, 2.24) is 0 Å². The van der Waals surface area contributed by atoms with Gasteiger partial charge in [-0.25, -0.2) is 4.39 Å². The van der Waals surface area contributed by atoms with E-state index in [1.165, 1.54) is 24.3 Å². The van der Waals surface area contributed by atoms with Crippen molar-refractivity contribution >= 4 is 5.78 Å². The Bertz CT molecular complexity index is 872. The van der Waals surface area contributed by atoms with E-state index in [2.05, 4.69) is 0 Å². The minimum absolute atomic E-state index is 0.0379. The highest BCUT2D eigenvalue weighted by Crippen LogP contribution is 2.26. The predicted octanol–water partition coefficient (Wildman–Crippen LogP) is 4.16. The fourth-order valence-electron chi connectivity index (χ4n) is 2.94. The number of hydrogen-bond donors (Lipinski definition) is 1. The maximum Gasteiger partial charge on any atom is 0.193 e. The van der Waals surface area contributed by atoms with Gasteiger partial charge in [0.25, 0.3) is 0 Å². The lowest BCUT2D eigenvalue weighted by atomic mass is 9.90. The lowest BCUT2D eigenvalue weighted by Gasteiger charge is -2.16. The van der Waals surface area contributed by atoms with Crippen molar-refractivity contribution < 1.29 is 13.9 Å². The Morgan fingerprint density at radius 1 is 0.885 bits per heavy atom. The van der Waals surface area contributed by atoms with Gasteiger partial charge in [0.1, 0.15) is 11.6 Å². The second-order valence-corrected chi connectivity index (χ2v) is 6.02. The van der Waals surface area contributed by atoms with Crippen LogP contribution in [0.15, 0.2) is 72.8 Å². The predicted molar refractivity (Wildman–Crippen MR) is 100 cm³/mol. The van der Waals surface area contributed by atoms with E-state index in [9.17, 15) is 9.18 Å². The van der Waals surface area contributed by atoms with Gasteiger partial charge in [-0.1, -0.05) is 36.4 Å². The molecule has 0 radical (unpaired) electrons. The fraction of sp³-hybridized carbons (Fsp3) is 0.136. The molecule has 2 N–H and O–H groups in total. The molecule has 0 aliphatic rings. The van der Waals surface area contributed by atoms with E-state index < -0.39 is 0 Å². The van der Waals surface area contributed by atoms with Gasteiger partial charge >= 0.3 is 0 Å². The average Bonchev–Trinajstić information content (AvgIpc) is 2.70. The van der Waals surface area contributed by atoms with Crippen molar-refractivity contribution in [2.75, 3.05) is 13.7 Å². The van der Waals surface area contributed by atoms with Crippen LogP contribution in [-0.4, -0.2) is 19.4 Å². The lowest BCUT2D eigenvalue weighted by molar-refractivity contribution is 0.103. The summed E-state index contributed by atoms with van der Waals surface area (Å²) in [5.74, 6) is 0.341. The van der Waals surface area contributed by atoms with Crippen LogP contribution in [0.2, 0.25) is 0 Å². The number of hydrogen-bond acceptors (Lipinski definition) is 3. The molecule has 0 bridgehead atoms. The van der Waals surface area contributed by atoms with Crippen molar-refractivity contribution in [3.8, 4) is 5.75 Å². The van der Waals surface area contributed by atoms with Crippen molar-refractivity contribution in [3.63, 3.8) is 0 Å². The summed E-state index contributed by atoms with van der Waals surface area (Å²) < 4.78 is 18.2. The molecular weight excluding hydrogens is 329 g/mol. The van der Waals surface area contributed by atoms with E-state index in [1.54, 1.807) is 19.2 Å². The monoisotopic (exact) mass is 349 g/mol. The van der Waals surface area contributed by atoms with Gasteiger partial charge in [-0.3, -0.25) is 4.79 Å². The average molecular weight is 349 g/mol. The first-order valence-corrected chi connectivity index (χ1v) is 8.36. The minimum atomic E-state index is -0.359. The molecule has 0 amide bonds. The Balaban J connectivity index is 1.82. The van der Waals surface area contributed by atoms with Gasteiger partial charge in [0.2, 0.25) is 0 Å². The van der Waals surface area contributed by atoms with Crippen molar-refractivity contribution in [3.05, 3.63) is 101 Å². The molecule has 3 nitrogen and oxygen atoms in total. The summed E-state index contributed by atoms with van der Waals surface area (Å²) in [5, 5.41) is 0. The first kappa shape index (κ1) is 17.8. The highest BCUT2D eigenvalue weighted by molar-refractivity contribution is 6.08. The Morgan fingerprint density at radius 2 is 1.35 bits per heavy atom. The third-order valence-electron chi connectivity index (χ3n) is 4.44. The zero-order valence-electron chi connectivity index (χ0n) is 14.5. The summed E-state index contributed by atoms with van der Waals surface area (Å²) in [5.41, 5.74) is 9.12. The van der Waals surface area contributed by atoms with Crippen LogP contribution in [0, 0.1) is 5.82 Å². The number of nitrogens with two attached hydrogens (primary N) is 1. The third kappa shape index (κ3) is 3.81. The first-order chi connectivity index (χ1) is 12.6. The van der Waals surface area contributed by atoms with Gasteiger partial charge in [-0.2, -0.15) is 0 Å². The molecular formula is C22H20FNO2. The SMILES string of the molecule is COc1ccc(C(CN)c2ccc(C(=O)c3ccc(F)cc3)cc2)cc1. The molecule has 132 valence electrons. The molecule has 3 aromatic rings. The van der Waals surface area contributed by atoms with Crippen LogP contribution in [0.1, 0.15) is 33.0 Å². The second kappa shape index (κ2) is 7.93. The summed E-state index contributed by atoms with van der Waals surface area (Å²) in [6.07, 6.45) is 0. The topological polar surface area (TPSA) is 52.3 Å². The number of carbonyl (C=O) groups excluding carboxylic acids is 1. The molecule has 0 aromatic heterocycles. The summed E-state index contributed by atoms with van der Waals surface area (Å²) >= 11 is 0. The molecule has 0 spiro atoms. The van der Waals surface area contributed by atoms with Gasteiger partial charge in [0, 0.05) is 23.6 Å². The first-order valence-electron chi connectivity index (χ1n) is 8.36. The molecule has 0 fully saturated rings. The third-order valence-corrected chi connectivity index (χ3v) is 4.44. The van der Waals surface area contributed by atoms with E-state index in [0.717, 1.165) is 16.9 Å². The van der Waals surface area contributed by atoms with E-state index in [-0.39, 0.29) is 17.5 Å². The summed E-state index contributed by atoms with van der Waals surface area (Å²) in [6.45, 7) is 0.456. The molecule has 0 saturated heterocycles. The number of rotatable bonds is 6. The molecule has 0 aliphatic carbocycles. The van der Waals surface area contributed by atoms with Gasteiger partial charge in [-0.05, 0) is 47.5 Å². The minimum Gasteiger partial charge on any atom is -0.497 e. The zero-order valence-corrected chi connectivity index (χ0v) is 14.5. The summed E-state index contributed by atoms with van der Waals surface area (Å²) in [6, 6.07) is 20.8. The van der Waals surface area contributed by atoms with Gasteiger partial charge in [0.15, 0.2) is 5.78 Å². The largest absolute Gasteiger partial charge is 0.497 e. The molecule has 4 heteroatoms. The molecule has 0 heterocycles. The maximum atomic E-state index is 13.0. The molecule has 0 aliphatic heterocycles. The van der Waals surface area contributed by atoms with Crippen LogP contribution >= 0.6 is 0 Å². The highest BCUT2D eigenvalue weighted by Gasteiger charge is 2.14. The van der Waals surface area contributed by atoms with E-state index in [1.807, 2.05) is 36.4 Å². The number of ketones is 1. The number of benzene rings is 3. The van der Waals surface area contributed by atoms with Crippen LogP contribution in [0.5, 0.6) is 5.75 Å². The van der Waals surface area contributed by atoms with Gasteiger partial charge in [-0.15, -0.1) is 0 Å². The normalized spacial score (nSPS) is 11.8. The Hall–Kier alpha value is -2.98. The molecule has 1 unspecified atom stereocenters.